The molecule has 0 aliphatic carbocycles. The second-order valence-corrected chi connectivity index (χ2v) is 6.17. The van der Waals surface area contributed by atoms with E-state index < -0.39 is 0 Å². The lowest BCUT2D eigenvalue weighted by Crippen LogP contribution is -2.21. The van der Waals surface area contributed by atoms with Gasteiger partial charge < -0.3 is 0 Å². The smallest absolute Gasteiger partial charge is 0.273 e. The zero-order chi connectivity index (χ0) is 17.9. The van der Waals surface area contributed by atoms with Crippen molar-refractivity contribution in [3.63, 3.8) is 0 Å². The molecule has 0 saturated heterocycles. The quantitative estimate of drug-likeness (QED) is 0.571. The zero-order valence-corrected chi connectivity index (χ0v) is 14.4. The second-order valence-electron chi connectivity index (χ2n) is 6.17. The van der Waals surface area contributed by atoms with E-state index in [0.29, 0.717) is 17.9 Å². The summed E-state index contributed by atoms with van der Waals surface area (Å²) in [6, 6.07) is 15.5. The Labute approximate surface area is 150 Å². The maximum Gasteiger partial charge on any atom is 0.273 e. The fourth-order valence-corrected chi connectivity index (χ4v) is 2.96. The molecule has 0 fully saturated rings. The standard InChI is InChI=1S/C21H18N4O/c1-16-14-24(15-18-6-3-2-4-7-18)25-20(26)12-19(23-21(16)25)10-9-17-8-5-11-22-13-17/h2-14H,15H2,1H3. The van der Waals surface area contributed by atoms with Gasteiger partial charge in [-0.25, -0.2) is 4.98 Å². The average molecular weight is 342 g/mol. The van der Waals surface area contributed by atoms with Crippen molar-refractivity contribution in [2.75, 3.05) is 0 Å². The Morgan fingerprint density at radius 3 is 2.69 bits per heavy atom. The van der Waals surface area contributed by atoms with Gasteiger partial charge in [-0.15, -0.1) is 0 Å². The summed E-state index contributed by atoms with van der Waals surface area (Å²) >= 11 is 0. The van der Waals surface area contributed by atoms with Gasteiger partial charge in [0.15, 0.2) is 5.65 Å². The summed E-state index contributed by atoms with van der Waals surface area (Å²) in [5.41, 5.74) is 4.29. The molecule has 1 aromatic carbocycles. The molecule has 0 N–H and O–H groups in total. The number of nitrogens with zero attached hydrogens (tertiary/aromatic N) is 4. The van der Waals surface area contributed by atoms with Gasteiger partial charge in [0.25, 0.3) is 5.56 Å². The topological polar surface area (TPSA) is 52.2 Å². The van der Waals surface area contributed by atoms with Gasteiger partial charge >= 0.3 is 0 Å². The van der Waals surface area contributed by atoms with Crippen LogP contribution in [0.5, 0.6) is 0 Å². The van der Waals surface area contributed by atoms with Gasteiger partial charge in [-0.1, -0.05) is 42.5 Å². The van der Waals surface area contributed by atoms with Crippen LogP contribution in [-0.4, -0.2) is 19.2 Å². The Balaban J connectivity index is 1.73. The number of benzene rings is 1. The molecule has 0 aliphatic heterocycles. The van der Waals surface area contributed by atoms with Crippen molar-refractivity contribution in [3.05, 3.63) is 99.9 Å². The fourth-order valence-electron chi connectivity index (χ4n) is 2.96. The van der Waals surface area contributed by atoms with Crippen molar-refractivity contribution in [3.8, 4) is 0 Å². The zero-order valence-electron chi connectivity index (χ0n) is 14.4. The van der Waals surface area contributed by atoms with Crippen LogP contribution in [0.15, 0.2) is 71.9 Å². The van der Waals surface area contributed by atoms with E-state index in [1.807, 2.05) is 72.4 Å². The average Bonchev–Trinajstić information content (AvgIpc) is 2.98. The number of pyridine rings is 1. The first kappa shape index (κ1) is 16.0. The highest BCUT2D eigenvalue weighted by atomic mass is 16.1. The first-order valence-electron chi connectivity index (χ1n) is 8.42. The lowest BCUT2D eigenvalue weighted by Gasteiger charge is -2.06. The van der Waals surface area contributed by atoms with Crippen LogP contribution in [0.1, 0.15) is 22.4 Å². The number of hydrogen-bond acceptors (Lipinski definition) is 3. The predicted octanol–water partition coefficient (Wildman–Crippen LogP) is 3.42. The van der Waals surface area contributed by atoms with Crippen LogP contribution in [0.3, 0.4) is 0 Å². The third-order valence-electron chi connectivity index (χ3n) is 4.19. The van der Waals surface area contributed by atoms with E-state index in [9.17, 15) is 4.79 Å². The summed E-state index contributed by atoms with van der Waals surface area (Å²) in [6.07, 6.45) is 9.20. The normalized spacial score (nSPS) is 11.4. The predicted molar refractivity (Wildman–Crippen MR) is 103 cm³/mol. The highest BCUT2D eigenvalue weighted by Gasteiger charge is 2.10. The largest absolute Gasteiger partial charge is 0.279 e. The Bertz CT molecular complexity index is 1130. The van der Waals surface area contributed by atoms with E-state index in [1.54, 1.807) is 23.0 Å². The third-order valence-corrected chi connectivity index (χ3v) is 4.19. The van der Waals surface area contributed by atoms with Gasteiger partial charge in [-0.3, -0.25) is 14.5 Å². The summed E-state index contributed by atoms with van der Waals surface area (Å²) in [7, 11) is 0. The first-order chi connectivity index (χ1) is 12.7. The van der Waals surface area contributed by atoms with Gasteiger partial charge in [0, 0.05) is 30.2 Å². The minimum atomic E-state index is -0.0927. The molecule has 0 unspecified atom stereocenters. The molecule has 0 spiro atoms. The summed E-state index contributed by atoms with van der Waals surface area (Å²) in [5, 5.41) is 0. The maximum atomic E-state index is 12.7. The van der Waals surface area contributed by atoms with E-state index in [2.05, 4.69) is 9.97 Å². The van der Waals surface area contributed by atoms with Crippen LogP contribution >= 0.6 is 0 Å². The molecular weight excluding hydrogens is 324 g/mol. The molecule has 0 aliphatic rings. The monoisotopic (exact) mass is 342 g/mol. The van der Waals surface area contributed by atoms with Crippen molar-refractivity contribution in [2.24, 2.45) is 0 Å². The molecule has 128 valence electrons. The molecule has 5 nitrogen and oxygen atoms in total. The maximum absolute atomic E-state index is 12.7. The number of fused-ring (bicyclic) bond motifs is 1. The highest BCUT2D eigenvalue weighted by molar-refractivity contribution is 5.68. The van der Waals surface area contributed by atoms with Crippen LogP contribution in [0, 0.1) is 6.92 Å². The first-order valence-corrected chi connectivity index (χ1v) is 8.42. The summed E-state index contributed by atoms with van der Waals surface area (Å²) in [5.74, 6) is 0. The van der Waals surface area contributed by atoms with E-state index in [-0.39, 0.29) is 5.56 Å². The Morgan fingerprint density at radius 1 is 1.08 bits per heavy atom. The lowest BCUT2D eigenvalue weighted by molar-refractivity contribution is 0.620. The van der Waals surface area contributed by atoms with E-state index in [0.717, 1.165) is 16.7 Å². The van der Waals surface area contributed by atoms with Gasteiger partial charge in [0.05, 0.1) is 12.2 Å². The van der Waals surface area contributed by atoms with E-state index in [4.69, 9.17) is 0 Å². The molecule has 0 bridgehead atoms. The van der Waals surface area contributed by atoms with E-state index in [1.165, 1.54) is 0 Å². The van der Waals surface area contributed by atoms with Crippen LogP contribution in [0.2, 0.25) is 0 Å². The Morgan fingerprint density at radius 2 is 1.92 bits per heavy atom. The molecule has 4 aromatic rings. The van der Waals surface area contributed by atoms with Gasteiger partial charge in [0.2, 0.25) is 0 Å². The lowest BCUT2D eigenvalue weighted by atomic mass is 10.2. The molecule has 4 rings (SSSR count). The van der Waals surface area contributed by atoms with E-state index >= 15 is 0 Å². The highest BCUT2D eigenvalue weighted by Crippen LogP contribution is 2.12. The number of rotatable bonds is 4. The van der Waals surface area contributed by atoms with Crippen molar-refractivity contribution in [1.82, 2.24) is 19.2 Å². The Kier molecular flexibility index (Phi) is 4.19. The second kappa shape index (κ2) is 6.80. The molecule has 0 saturated carbocycles. The molecule has 26 heavy (non-hydrogen) atoms. The molecule has 3 aromatic heterocycles. The van der Waals surface area contributed by atoms with Crippen LogP contribution in [0.4, 0.5) is 0 Å². The van der Waals surface area contributed by atoms with Crippen molar-refractivity contribution in [2.45, 2.75) is 13.5 Å². The minimum absolute atomic E-state index is 0.0927. The molecule has 3 heterocycles. The molecule has 0 radical (unpaired) electrons. The minimum Gasteiger partial charge on any atom is -0.279 e. The van der Waals surface area contributed by atoms with Crippen LogP contribution in [0.25, 0.3) is 17.8 Å². The van der Waals surface area contributed by atoms with Gasteiger partial charge in [0.1, 0.15) is 0 Å². The van der Waals surface area contributed by atoms with Crippen molar-refractivity contribution >= 4 is 17.8 Å². The van der Waals surface area contributed by atoms with Crippen LogP contribution in [-0.2, 0) is 6.54 Å². The number of aryl methyl sites for hydroxylation is 1. The van der Waals surface area contributed by atoms with Crippen molar-refractivity contribution < 1.29 is 0 Å². The van der Waals surface area contributed by atoms with Crippen LogP contribution < -0.4 is 5.56 Å². The van der Waals surface area contributed by atoms with Gasteiger partial charge in [-0.2, -0.15) is 4.52 Å². The summed E-state index contributed by atoms with van der Waals surface area (Å²) < 4.78 is 3.54. The summed E-state index contributed by atoms with van der Waals surface area (Å²) in [6.45, 7) is 2.59. The molecular formula is C21H18N4O. The molecule has 5 heteroatoms. The van der Waals surface area contributed by atoms with Gasteiger partial charge in [-0.05, 0) is 30.2 Å². The summed E-state index contributed by atoms with van der Waals surface area (Å²) in [4.78, 5) is 21.4. The molecule has 0 atom stereocenters. The Hall–Kier alpha value is -3.47. The third kappa shape index (κ3) is 3.19. The fraction of sp³-hybridized carbons (Fsp3) is 0.0952. The number of aromatic nitrogens is 4. The number of hydrogen-bond donors (Lipinski definition) is 0. The molecule has 0 amide bonds. The SMILES string of the molecule is Cc1cn(Cc2ccccc2)n2c(=O)cc(C=Cc3cccnc3)nc12. The van der Waals surface area contributed by atoms with Crippen molar-refractivity contribution in [1.29, 1.82) is 0 Å².